The summed E-state index contributed by atoms with van der Waals surface area (Å²) in [6.07, 6.45) is 1.90. The van der Waals surface area contributed by atoms with Crippen LogP contribution in [0.15, 0.2) is 84.0 Å². The van der Waals surface area contributed by atoms with E-state index in [1.165, 1.54) is 100 Å². The van der Waals surface area contributed by atoms with Crippen LogP contribution in [0.1, 0.15) is 167 Å². The molecule has 7 aromatic rings. The molecular weight excluding hydrogens is 1060 g/mol. The number of amidine groups is 1. The van der Waals surface area contributed by atoms with E-state index in [1.807, 2.05) is 6.20 Å². The van der Waals surface area contributed by atoms with E-state index in [4.69, 9.17) is 14.7 Å². The third kappa shape index (κ3) is 7.73. The molecule has 1 aromatic heterocycles. The largest absolute Gasteiger partial charge is 2.00 e. The quantitative estimate of drug-likeness (QED) is 0.156. The molecule has 2 aliphatic heterocycles. The van der Waals surface area contributed by atoms with Gasteiger partial charge in [0.15, 0.2) is 0 Å². The maximum atomic E-state index is 7.10. The molecular formula is C66H72N4OPt. The minimum atomic E-state index is -0.579. The van der Waals surface area contributed by atoms with Crippen molar-refractivity contribution in [2.75, 3.05) is 9.80 Å². The zero-order chi connectivity index (χ0) is 51.1. The van der Waals surface area contributed by atoms with Gasteiger partial charge in [0, 0.05) is 40.0 Å². The summed E-state index contributed by atoms with van der Waals surface area (Å²) in [5.74, 6) is 3.28. The Morgan fingerprint density at radius 2 is 1.26 bits per heavy atom. The molecule has 0 N–H and O–H groups in total. The van der Waals surface area contributed by atoms with Crippen molar-refractivity contribution in [1.29, 1.82) is 0 Å². The van der Waals surface area contributed by atoms with Crippen LogP contribution >= 0.6 is 0 Å². The molecule has 0 fully saturated rings. The van der Waals surface area contributed by atoms with Gasteiger partial charge >= 0.3 is 21.1 Å². The standard InChI is InChI=1S/C66H72N4O.Pt/c1-35(2)47-30-48(32-52(31-47)71-51-26-36(3)25-50(34-51)69-57-23-22-49(64(14,15)16)33-55(57)65(17,18)54-21-20-24-67-63(54)69)62-68-61-53-28-39(6)41(8)45(12)58(53)59-46(13)42(9)40(7)29-56(59)66(61,19)70(62)60-43(10)37(4)27-38(5)44(60)11;/h20-31,33,35,61H,1-19H3;/q-2;+2/t61-,66+;/m1./s1. The first kappa shape index (κ1) is 51.1. The fourth-order valence-corrected chi connectivity index (χ4v) is 12.1. The Kier molecular flexibility index (Phi) is 12.6. The zero-order valence-corrected chi connectivity index (χ0v) is 48.4. The van der Waals surface area contributed by atoms with Gasteiger partial charge in [0.2, 0.25) is 0 Å². The molecule has 372 valence electrons. The molecule has 5 nitrogen and oxygen atoms in total. The minimum absolute atomic E-state index is 0. The van der Waals surface area contributed by atoms with E-state index in [0.717, 1.165) is 39.7 Å². The predicted octanol–water partition coefficient (Wildman–Crippen LogP) is 17.3. The van der Waals surface area contributed by atoms with Crippen molar-refractivity contribution in [3.8, 4) is 22.6 Å². The number of benzene rings is 6. The topological polar surface area (TPSA) is 41.0 Å². The van der Waals surface area contributed by atoms with Crippen molar-refractivity contribution in [2.24, 2.45) is 4.99 Å². The zero-order valence-electron chi connectivity index (χ0n) is 46.2. The maximum absolute atomic E-state index is 7.10. The van der Waals surface area contributed by atoms with Crippen molar-refractivity contribution in [3.05, 3.63) is 191 Å². The summed E-state index contributed by atoms with van der Waals surface area (Å²) in [4.78, 5) is 16.0. The Morgan fingerprint density at radius 1 is 0.639 bits per heavy atom. The normalized spacial score (nSPS) is 17.4. The van der Waals surface area contributed by atoms with Gasteiger partial charge in [0.1, 0.15) is 5.82 Å². The van der Waals surface area contributed by atoms with Gasteiger partial charge in [-0.05, 0) is 189 Å². The van der Waals surface area contributed by atoms with Crippen LogP contribution in [0.25, 0.3) is 11.1 Å². The number of fused-ring (bicyclic) bond motifs is 8. The number of aromatic nitrogens is 1. The van der Waals surface area contributed by atoms with Crippen molar-refractivity contribution >= 4 is 28.7 Å². The van der Waals surface area contributed by atoms with Gasteiger partial charge in [-0.2, -0.15) is 5.56 Å². The number of pyridine rings is 1. The van der Waals surface area contributed by atoms with Crippen molar-refractivity contribution in [3.63, 3.8) is 0 Å². The number of ether oxygens (including phenoxy) is 1. The number of nitrogens with zero attached hydrogens (tertiary/aromatic N) is 4. The summed E-state index contributed by atoms with van der Waals surface area (Å²) < 4.78 is 7.10. The second kappa shape index (κ2) is 17.7. The molecule has 0 amide bonds. The van der Waals surface area contributed by atoms with E-state index in [-0.39, 0.29) is 43.9 Å². The smallest absolute Gasteiger partial charge is 0.503 e. The van der Waals surface area contributed by atoms with Crippen molar-refractivity contribution in [1.82, 2.24) is 4.98 Å². The van der Waals surface area contributed by atoms with Crippen LogP contribution in [0.2, 0.25) is 0 Å². The first-order valence-corrected chi connectivity index (χ1v) is 25.7. The molecule has 0 radical (unpaired) electrons. The summed E-state index contributed by atoms with van der Waals surface area (Å²) in [5.41, 5.74) is 27.6. The summed E-state index contributed by atoms with van der Waals surface area (Å²) in [6, 6.07) is 34.7. The SMILES string of the molecule is Cc1cc(Oc2[c-]c(C3=N[C@@H]4c5cc(C)c(C)c(C)c5-c5c(cc(C)c(C)c5C)[C@]4(C)N3c3c(C)c(C)cc(C)c3C)cc(C(C)C)c2)[c-]c(N2c3ccc(C(C)(C)C)cc3C(C)(C)c3cccnc32)c1.[Pt+2]. The Bertz CT molecular complexity index is 3410. The second-order valence-corrected chi connectivity index (χ2v) is 23.4. The number of hydrogen-bond donors (Lipinski definition) is 0. The van der Waals surface area contributed by atoms with E-state index >= 15 is 0 Å². The third-order valence-corrected chi connectivity index (χ3v) is 17.1. The summed E-state index contributed by atoms with van der Waals surface area (Å²) in [5, 5.41) is 0. The first-order valence-electron chi connectivity index (χ1n) is 25.7. The molecule has 0 bridgehead atoms. The van der Waals surface area contributed by atoms with Gasteiger partial charge in [-0.3, -0.25) is 0 Å². The van der Waals surface area contributed by atoms with Crippen molar-refractivity contribution in [2.45, 2.75) is 160 Å². The van der Waals surface area contributed by atoms with Gasteiger partial charge in [-0.1, -0.05) is 110 Å². The number of aliphatic imine (C=N–C) groups is 1. The second-order valence-electron chi connectivity index (χ2n) is 23.4. The predicted molar refractivity (Wildman–Crippen MR) is 298 cm³/mol. The van der Waals surface area contributed by atoms with Crippen LogP contribution < -0.4 is 14.5 Å². The number of aryl methyl sites for hydroxylation is 5. The molecule has 10 rings (SSSR count). The van der Waals surface area contributed by atoms with Crippen LogP contribution in [0.4, 0.5) is 22.9 Å². The molecule has 3 heterocycles. The molecule has 0 saturated heterocycles. The number of hydrogen-bond acceptors (Lipinski definition) is 5. The Morgan fingerprint density at radius 3 is 1.92 bits per heavy atom. The monoisotopic (exact) mass is 1130 g/mol. The molecule has 0 unspecified atom stereocenters. The molecule has 2 atom stereocenters. The summed E-state index contributed by atoms with van der Waals surface area (Å²) in [7, 11) is 0. The van der Waals surface area contributed by atoms with Crippen LogP contribution in [0.3, 0.4) is 0 Å². The molecule has 72 heavy (non-hydrogen) atoms. The van der Waals surface area contributed by atoms with Gasteiger partial charge in [-0.25, -0.2) is 4.98 Å². The minimum Gasteiger partial charge on any atom is -0.503 e. The fourth-order valence-electron chi connectivity index (χ4n) is 12.1. The third-order valence-electron chi connectivity index (χ3n) is 17.1. The Balaban J connectivity index is 0.00000640. The average Bonchev–Trinajstić information content (AvgIpc) is 3.62. The average molecular weight is 1130 g/mol. The molecule has 6 heteroatoms. The summed E-state index contributed by atoms with van der Waals surface area (Å²) in [6.45, 7) is 43.4. The van der Waals surface area contributed by atoms with E-state index in [0.29, 0.717) is 11.5 Å². The van der Waals surface area contributed by atoms with E-state index < -0.39 is 5.54 Å². The van der Waals surface area contributed by atoms with Crippen molar-refractivity contribution < 1.29 is 25.8 Å². The maximum Gasteiger partial charge on any atom is 2.00 e. The fraction of sp³-hybridized carbons (Fsp3) is 0.364. The Hall–Kier alpha value is -5.77. The molecule has 6 aromatic carbocycles. The van der Waals surface area contributed by atoms with Gasteiger partial charge in [-0.15, -0.1) is 35.4 Å². The van der Waals surface area contributed by atoms with Gasteiger partial charge in [0.25, 0.3) is 0 Å². The summed E-state index contributed by atoms with van der Waals surface area (Å²) >= 11 is 0. The Labute approximate surface area is 445 Å². The first-order chi connectivity index (χ1) is 33.3. The number of rotatable bonds is 6. The van der Waals surface area contributed by atoms with Crippen LogP contribution in [-0.4, -0.2) is 10.8 Å². The molecule has 1 aliphatic carbocycles. The van der Waals surface area contributed by atoms with Gasteiger partial charge in [0.05, 0.1) is 17.4 Å². The van der Waals surface area contributed by atoms with E-state index in [2.05, 4.69) is 226 Å². The molecule has 0 spiro atoms. The van der Waals surface area contributed by atoms with Gasteiger partial charge < -0.3 is 19.5 Å². The van der Waals surface area contributed by atoms with Crippen LogP contribution in [0, 0.1) is 88.3 Å². The molecule has 3 aliphatic rings. The number of anilines is 4. The van der Waals surface area contributed by atoms with Crippen LogP contribution in [0.5, 0.6) is 11.5 Å². The van der Waals surface area contributed by atoms with Crippen LogP contribution in [-0.2, 0) is 37.4 Å². The van der Waals surface area contributed by atoms with E-state index in [9.17, 15) is 0 Å². The molecule has 0 saturated carbocycles. The van der Waals surface area contributed by atoms with E-state index in [1.54, 1.807) is 0 Å².